The standard InChI is InChI=1S/C16H18ClNO3/c1-20-15-8-13(17)7-12(9-18)16(15)21-10-14(19)11-5-3-2-4-6-11/h2-8,14,19H,9-10,18H2,1H3. The summed E-state index contributed by atoms with van der Waals surface area (Å²) in [6.45, 7) is 0.378. The number of ether oxygens (including phenoxy) is 2. The van der Waals surface area contributed by atoms with Crippen LogP contribution in [0.15, 0.2) is 42.5 Å². The number of benzene rings is 2. The topological polar surface area (TPSA) is 64.7 Å². The van der Waals surface area contributed by atoms with Gasteiger partial charge in [0.15, 0.2) is 11.5 Å². The van der Waals surface area contributed by atoms with Gasteiger partial charge in [-0.3, -0.25) is 0 Å². The first-order valence-corrected chi connectivity index (χ1v) is 6.95. The summed E-state index contributed by atoms with van der Waals surface area (Å²) >= 11 is 6.00. The second-order valence-electron chi connectivity index (χ2n) is 4.54. The Labute approximate surface area is 129 Å². The number of nitrogens with two attached hydrogens (primary N) is 1. The van der Waals surface area contributed by atoms with Gasteiger partial charge in [-0.15, -0.1) is 0 Å². The van der Waals surface area contributed by atoms with Gasteiger partial charge in [0, 0.05) is 23.2 Å². The first-order valence-electron chi connectivity index (χ1n) is 6.58. The SMILES string of the molecule is COc1cc(Cl)cc(CN)c1OCC(O)c1ccccc1. The van der Waals surface area contributed by atoms with Gasteiger partial charge in [-0.2, -0.15) is 0 Å². The van der Waals surface area contributed by atoms with Crippen LogP contribution in [0, 0.1) is 0 Å². The molecule has 5 heteroatoms. The van der Waals surface area contributed by atoms with E-state index in [1.165, 1.54) is 7.11 Å². The molecular weight excluding hydrogens is 290 g/mol. The molecule has 0 aliphatic heterocycles. The van der Waals surface area contributed by atoms with E-state index < -0.39 is 6.10 Å². The molecule has 0 heterocycles. The van der Waals surface area contributed by atoms with Gasteiger partial charge >= 0.3 is 0 Å². The monoisotopic (exact) mass is 307 g/mol. The Morgan fingerprint density at radius 2 is 1.95 bits per heavy atom. The van der Waals surface area contributed by atoms with Crippen molar-refractivity contribution < 1.29 is 14.6 Å². The van der Waals surface area contributed by atoms with Crippen LogP contribution in [0.1, 0.15) is 17.2 Å². The first-order chi connectivity index (χ1) is 10.2. The molecule has 0 aliphatic carbocycles. The third-order valence-electron chi connectivity index (χ3n) is 3.11. The molecular formula is C16H18ClNO3. The molecule has 0 amide bonds. The predicted molar refractivity (Wildman–Crippen MR) is 82.8 cm³/mol. The lowest BCUT2D eigenvalue weighted by atomic mass is 10.1. The van der Waals surface area contributed by atoms with Gasteiger partial charge in [-0.25, -0.2) is 0 Å². The normalized spacial score (nSPS) is 12.0. The van der Waals surface area contributed by atoms with Gasteiger partial charge in [-0.1, -0.05) is 41.9 Å². The Morgan fingerprint density at radius 3 is 2.57 bits per heavy atom. The molecule has 0 bridgehead atoms. The number of hydrogen-bond acceptors (Lipinski definition) is 4. The highest BCUT2D eigenvalue weighted by Gasteiger charge is 2.15. The molecule has 4 nitrogen and oxygen atoms in total. The summed E-state index contributed by atoms with van der Waals surface area (Å²) in [5.74, 6) is 1.02. The number of halogens is 1. The molecule has 112 valence electrons. The van der Waals surface area contributed by atoms with Crippen molar-refractivity contribution in [2.45, 2.75) is 12.6 Å². The summed E-state index contributed by atoms with van der Waals surface area (Å²) in [4.78, 5) is 0. The Balaban J connectivity index is 2.16. The van der Waals surface area contributed by atoms with Crippen LogP contribution in [0.3, 0.4) is 0 Å². The molecule has 0 spiro atoms. The molecule has 2 rings (SSSR count). The molecule has 2 aromatic rings. The minimum atomic E-state index is -0.725. The molecule has 0 radical (unpaired) electrons. The number of rotatable bonds is 6. The molecule has 1 atom stereocenters. The van der Waals surface area contributed by atoms with Crippen LogP contribution < -0.4 is 15.2 Å². The molecule has 2 aromatic carbocycles. The van der Waals surface area contributed by atoms with Gasteiger partial charge in [-0.05, 0) is 11.6 Å². The Kier molecular flexibility index (Phi) is 5.44. The zero-order valence-electron chi connectivity index (χ0n) is 11.8. The van der Waals surface area contributed by atoms with Crippen molar-refractivity contribution in [1.29, 1.82) is 0 Å². The summed E-state index contributed by atoms with van der Waals surface area (Å²) in [5, 5.41) is 10.7. The van der Waals surface area contributed by atoms with Gasteiger partial charge in [0.25, 0.3) is 0 Å². The molecule has 0 aromatic heterocycles. The summed E-state index contributed by atoms with van der Waals surface area (Å²) in [6, 6.07) is 12.7. The van der Waals surface area contributed by atoms with E-state index in [1.807, 2.05) is 30.3 Å². The highest BCUT2D eigenvalue weighted by atomic mass is 35.5. The zero-order valence-corrected chi connectivity index (χ0v) is 12.5. The highest BCUT2D eigenvalue weighted by molar-refractivity contribution is 6.30. The average Bonchev–Trinajstić information content (AvgIpc) is 2.53. The van der Waals surface area contributed by atoms with Crippen LogP contribution in [0.25, 0.3) is 0 Å². The third-order valence-corrected chi connectivity index (χ3v) is 3.32. The van der Waals surface area contributed by atoms with E-state index in [0.717, 1.165) is 11.1 Å². The van der Waals surface area contributed by atoms with E-state index in [0.29, 0.717) is 16.5 Å². The molecule has 21 heavy (non-hydrogen) atoms. The number of aliphatic hydroxyl groups is 1. The fourth-order valence-electron chi connectivity index (χ4n) is 2.02. The van der Waals surface area contributed by atoms with Gasteiger partial charge in [0.2, 0.25) is 0 Å². The maximum Gasteiger partial charge on any atom is 0.165 e. The largest absolute Gasteiger partial charge is 0.493 e. The lowest BCUT2D eigenvalue weighted by Crippen LogP contribution is -2.12. The molecule has 1 unspecified atom stereocenters. The van der Waals surface area contributed by atoms with Crippen LogP contribution in [0.5, 0.6) is 11.5 Å². The number of hydrogen-bond donors (Lipinski definition) is 2. The van der Waals surface area contributed by atoms with Crippen molar-refractivity contribution in [3.8, 4) is 11.5 Å². The van der Waals surface area contributed by atoms with E-state index >= 15 is 0 Å². The predicted octanol–water partition coefficient (Wildman–Crippen LogP) is 2.92. The van der Waals surface area contributed by atoms with Crippen LogP contribution >= 0.6 is 11.6 Å². The van der Waals surface area contributed by atoms with E-state index in [-0.39, 0.29) is 13.2 Å². The molecule has 0 aliphatic rings. The lowest BCUT2D eigenvalue weighted by molar-refractivity contribution is 0.106. The quantitative estimate of drug-likeness (QED) is 0.861. The molecule has 0 saturated heterocycles. The minimum Gasteiger partial charge on any atom is -0.493 e. The summed E-state index contributed by atoms with van der Waals surface area (Å²) in [6.07, 6.45) is -0.725. The fourth-order valence-corrected chi connectivity index (χ4v) is 2.25. The Morgan fingerprint density at radius 1 is 1.24 bits per heavy atom. The van der Waals surface area contributed by atoms with Crippen molar-refractivity contribution in [3.63, 3.8) is 0 Å². The van der Waals surface area contributed by atoms with Crippen LogP contribution in [-0.4, -0.2) is 18.8 Å². The van der Waals surface area contributed by atoms with E-state index in [1.54, 1.807) is 12.1 Å². The smallest absolute Gasteiger partial charge is 0.165 e. The first kappa shape index (κ1) is 15.6. The average molecular weight is 308 g/mol. The molecule has 0 fully saturated rings. The third kappa shape index (κ3) is 3.88. The van der Waals surface area contributed by atoms with Crippen LogP contribution in [0.4, 0.5) is 0 Å². The zero-order chi connectivity index (χ0) is 15.2. The minimum absolute atomic E-state index is 0.106. The molecule has 3 N–H and O–H groups in total. The summed E-state index contributed by atoms with van der Waals surface area (Å²) < 4.78 is 11.0. The Bertz CT molecular complexity index is 564. The van der Waals surface area contributed by atoms with Crippen molar-refractivity contribution in [2.24, 2.45) is 5.73 Å². The van der Waals surface area contributed by atoms with Crippen molar-refractivity contribution in [2.75, 3.05) is 13.7 Å². The van der Waals surface area contributed by atoms with Crippen molar-refractivity contribution >= 4 is 11.6 Å². The van der Waals surface area contributed by atoms with Crippen molar-refractivity contribution in [1.82, 2.24) is 0 Å². The van der Waals surface area contributed by atoms with Crippen LogP contribution in [-0.2, 0) is 6.54 Å². The second-order valence-corrected chi connectivity index (χ2v) is 4.97. The Hall–Kier alpha value is -1.75. The van der Waals surface area contributed by atoms with Crippen LogP contribution in [0.2, 0.25) is 5.02 Å². The highest BCUT2D eigenvalue weighted by Crippen LogP contribution is 2.35. The van der Waals surface area contributed by atoms with E-state index in [2.05, 4.69) is 0 Å². The van der Waals surface area contributed by atoms with Gasteiger partial charge in [0.05, 0.1) is 7.11 Å². The summed E-state index contributed by atoms with van der Waals surface area (Å²) in [5.41, 5.74) is 7.23. The van der Waals surface area contributed by atoms with Gasteiger partial charge < -0.3 is 20.3 Å². The fraction of sp³-hybridized carbons (Fsp3) is 0.250. The second kappa shape index (κ2) is 7.31. The number of methoxy groups -OCH3 is 1. The molecule has 0 saturated carbocycles. The van der Waals surface area contributed by atoms with E-state index in [4.69, 9.17) is 26.8 Å². The van der Waals surface area contributed by atoms with Gasteiger partial charge in [0.1, 0.15) is 12.7 Å². The van der Waals surface area contributed by atoms with Crippen molar-refractivity contribution in [3.05, 3.63) is 58.6 Å². The number of aliphatic hydroxyl groups excluding tert-OH is 1. The lowest BCUT2D eigenvalue weighted by Gasteiger charge is -2.17. The maximum atomic E-state index is 10.1. The summed E-state index contributed by atoms with van der Waals surface area (Å²) in [7, 11) is 1.53. The maximum absolute atomic E-state index is 10.1. The van der Waals surface area contributed by atoms with E-state index in [9.17, 15) is 5.11 Å².